The predicted octanol–water partition coefficient (Wildman–Crippen LogP) is 0.395. The van der Waals surface area contributed by atoms with Gasteiger partial charge in [-0.1, -0.05) is 6.92 Å². The van der Waals surface area contributed by atoms with Gasteiger partial charge in [0.2, 0.25) is 0 Å². The van der Waals surface area contributed by atoms with Gasteiger partial charge < -0.3 is 20.4 Å². The molecule has 6 atom stereocenters. The van der Waals surface area contributed by atoms with Crippen molar-refractivity contribution in [3.8, 4) is 0 Å². The molecule has 3 aliphatic carbocycles. The molecule has 2 saturated carbocycles. The molecule has 0 saturated heterocycles. The molecular formula is C15H22O5. The topological polar surface area (TPSA) is 98.0 Å². The van der Waals surface area contributed by atoms with Gasteiger partial charge in [-0.25, -0.2) is 4.79 Å². The Morgan fingerprint density at radius 2 is 2.10 bits per heavy atom. The van der Waals surface area contributed by atoms with Gasteiger partial charge in [-0.2, -0.15) is 0 Å². The van der Waals surface area contributed by atoms with E-state index in [0.29, 0.717) is 6.42 Å². The summed E-state index contributed by atoms with van der Waals surface area (Å²) in [6.45, 7) is 1.86. The van der Waals surface area contributed by atoms with Gasteiger partial charge in [-0.3, -0.25) is 0 Å². The molecule has 5 heteroatoms. The van der Waals surface area contributed by atoms with E-state index in [4.69, 9.17) is 0 Å². The van der Waals surface area contributed by atoms with E-state index in [1.54, 1.807) is 0 Å². The zero-order valence-corrected chi connectivity index (χ0v) is 11.6. The maximum Gasteiger partial charge on any atom is 0.331 e. The summed E-state index contributed by atoms with van der Waals surface area (Å²) in [6, 6.07) is 0. The van der Waals surface area contributed by atoms with E-state index < -0.39 is 22.9 Å². The molecular weight excluding hydrogens is 260 g/mol. The molecule has 2 bridgehead atoms. The quantitative estimate of drug-likeness (QED) is 0.600. The molecule has 0 heterocycles. The van der Waals surface area contributed by atoms with Crippen molar-refractivity contribution in [2.24, 2.45) is 28.6 Å². The van der Waals surface area contributed by atoms with Crippen molar-refractivity contribution in [2.75, 3.05) is 13.2 Å². The van der Waals surface area contributed by atoms with Gasteiger partial charge in [0.1, 0.15) is 0 Å². The molecule has 0 aromatic carbocycles. The second-order valence-electron chi connectivity index (χ2n) is 6.91. The zero-order chi connectivity index (χ0) is 14.7. The first-order valence-corrected chi connectivity index (χ1v) is 7.26. The monoisotopic (exact) mass is 282 g/mol. The summed E-state index contributed by atoms with van der Waals surface area (Å²) in [4.78, 5) is 11.4. The molecule has 5 nitrogen and oxygen atoms in total. The minimum absolute atomic E-state index is 0.00929. The number of fused-ring (bicyclic) bond motifs is 1. The number of hydrogen-bond donors (Lipinski definition) is 4. The zero-order valence-electron chi connectivity index (χ0n) is 11.6. The molecule has 0 amide bonds. The highest BCUT2D eigenvalue weighted by Gasteiger charge is 2.69. The average Bonchev–Trinajstić information content (AvgIpc) is 2.88. The fourth-order valence-electron chi connectivity index (χ4n) is 5.45. The van der Waals surface area contributed by atoms with Gasteiger partial charge in [-0.15, -0.1) is 0 Å². The predicted molar refractivity (Wildman–Crippen MR) is 70.8 cm³/mol. The second-order valence-corrected chi connectivity index (χ2v) is 6.91. The number of rotatable bonds is 3. The minimum Gasteiger partial charge on any atom is -0.478 e. The standard InChI is InChI=1S/C15H22O5/c1-14(7-17)10-5-15(8(6-16)2-3-11(14)15)12(18)4-9(10)13(19)20/h4,8,10-12,16-18H,2-3,5-7H2,1H3,(H,19,20)/t8-,10+,11-,12+,14-,15-/m1/s1. The number of carbonyl (C=O) groups is 1. The van der Waals surface area contributed by atoms with Crippen molar-refractivity contribution in [1.29, 1.82) is 0 Å². The highest BCUT2D eigenvalue weighted by Crippen LogP contribution is 2.71. The van der Waals surface area contributed by atoms with Crippen LogP contribution in [0.25, 0.3) is 0 Å². The molecule has 2 fully saturated rings. The van der Waals surface area contributed by atoms with E-state index in [2.05, 4.69) is 0 Å². The van der Waals surface area contributed by atoms with Gasteiger partial charge in [0.05, 0.1) is 6.10 Å². The summed E-state index contributed by atoms with van der Waals surface area (Å²) in [5.41, 5.74) is -0.757. The van der Waals surface area contributed by atoms with Gasteiger partial charge in [0, 0.05) is 29.6 Å². The Hall–Kier alpha value is -0.910. The lowest BCUT2D eigenvalue weighted by atomic mass is 9.66. The Morgan fingerprint density at radius 3 is 2.65 bits per heavy atom. The summed E-state index contributed by atoms with van der Waals surface area (Å²) >= 11 is 0. The van der Waals surface area contributed by atoms with Crippen LogP contribution in [0.1, 0.15) is 26.2 Å². The summed E-state index contributed by atoms with van der Waals surface area (Å²) in [5.74, 6) is -1.20. The molecule has 1 spiro atoms. The first-order valence-electron chi connectivity index (χ1n) is 7.26. The van der Waals surface area contributed by atoms with Crippen molar-refractivity contribution in [3.05, 3.63) is 11.6 Å². The van der Waals surface area contributed by atoms with Gasteiger partial charge in [0.25, 0.3) is 0 Å². The van der Waals surface area contributed by atoms with Crippen LogP contribution in [-0.4, -0.2) is 45.7 Å². The van der Waals surface area contributed by atoms with Crippen LogP contribution in [0.3, 0.4) is 0 Å². The maximum atomic E-state index is 11.4. The smallest absolute Gasteiger partial charge is 0.331 e. The summed E-state index contributed by atoms with van der Waals surface area (Å²) in [6.07, 6.45) is 2.83. The first kappa shape index (κ1) is 14.0. The Morgan fingerprint density at radius 1 is 1.40 bits per heavy atom. The molecule has 0 unspecified atom stereocenters. The molecule has 4 N–H and O–H groups in total. The Labute approximate surface area is 117 Å². The van der Waals surface area contributed by atoms with Crippen LogP contribution in [0.15, 0.2) is 11.6 Å². The lowest BCUT2D eigenvalue weighted by molar-refractivity contribution is -0.134. The fourth-order valence-corrected chi connectivity index (χ4v) is 5.45. The van der Waals surface area contributed by atoms with Crippen molar-refractivity contribution in [2.45, 2.75) is 32.3 Å². The van der Waals surface area contributed by atoms with Crippen LogP contribution < -0.4 is 0 Å². The van der Waals surface area contributed by atoms with E-state index in [-0.39, 0.29) is 36.5 Å². The molecule has 0 aromatic heterocycles. The van der Waals surface area contributed by atoms with E-state index in [9.17, 15) is 25.2 Å². The Balaban J connectivity index is 2.15. The van der Waals surface area contributed by atoms with Gasteiger partial charge in [-0.05, 0) is 43.1 Å². The molecule has 112 valence electrons. The summed E-state index contributed by atoms with van der Waals surface area (Å²) in [7, 11) is 0. The normalized spacial score (nSPS) is 49.9. The van der Waals surface area contributed by atoms with Crippen LogP contribution in [0.2, 0.25) is 0 Å². The SMILES string of the molecule is C[C@]1(CO)[C@H]2CC[C@H](CO)[C@]23C[C@H]1C(C(=O)O)=C[C@@H]3O. The Kier molecular flexibility index (Phi) is 3.01. The summed E-state index contributed by atoms with van der Waals surface area (Å²) in [5, 5.41) is 39.5. The summed E-state index contributed by atoms with van der Waals surface area (Å²) < 4.78 is 0. The molecule has 3 rings (SSSR count). The van der Waals surface area contributed by atoms with Crippen LogP contribution >= 0.6 is 0 Å². The third-order valence-corrected chi connectivity index (χ3v) is 6.43. The third-order valence-electron chi connectivity index (χ3n) is 6.43. The van der Waals surface area contributed by atoms with Crippen molar-refractivity contribution >= 4 is 5.97 Å². The van der Waals surface area contributed by atoms with Crippen molar-refractivity contribution in [3.63, 3.8) is 0 Å². The average molecular weight is 282 g/mol. The van der Waals surface area contributed by atoms with Crippen LogP contribution in [0, 0.1) is 28.6 Å². The number of aliphatic hydroxyl groups excluding tert-OH is 3. The van der Waals surface area contributed by atoms with E-state index in [1.807, 2.05) is 6.92 Å². The highest BCUT2D eigenvalue weighted by molar-refractivity contribution is 5.88. The molecule has 20 heavy (non-hydrogen) atoms. The van der Waals surface area contributed by atoms with E-state index in [0.717, 1.165) is 12.8 Å². The van der Waals surface area contributed by atoms with Crippen LogP contribution in [0.5, 0.6) is 0 Å². The lowest BCUT2D eigenvalue weighted by Crippen LogP contribution is -2.44. The van der Waals surface area contributed by atoms with E-state index >= 15 is 0 Å². The largest absolute Gasteiger partial charge is 0.478 e. The molecule has 0 radical (unpaired) electrons. The highest BCUT2D eigenvalue weighted by atomic mass is 16.4. The lowest BCUT2D eigenvalue weighted by Gasteiger charge is -2.41. The number of carboxylic acid groups (broad SMARTS) is 1. The van der Waals surface area contributed by atoms with Gasteiger partial charge >= 0.3 is 5.97 Å². The maximum absolute atomic E-state index is 11.4. The number of hydrogen-bond acceptors (Lipinski definition) is 4. The van der Waals surface area contributed by atoms with Crippen LogP contribution in [0.4, 0.5) is 0 Å². The Bertz CT molecular complexity index is 473. The molecule has 0 aromatic rings. The molecule has 0 aliphatic heterocycles. The molecule has 3 aliphatic rings. The number of carboxylic acids is 1. The van der Waals surface area contributed by atoms with Crippen LogP contribution in [-0.2, 0) is 4.79 Å². The van der Waals surface area contributed by atoms with Crippen molar-refractivity contribution < 1.29 is 25.2 Å². The minimum atomic E-state index is -1.01. The van der Waals surface area contributed by atoms with Crippen molar-refractivity contribution in [1.82, 2.24) is 0 Å². The number of aliphatic hydroxyl groups is 3. The second kappa shape index (κ2) is 4.29. The van der Waals surface area contributed by atoms with E-state index in [1.165, 1.54) is 6.08 Å². The first-order chi connectivity index (χ1) is 9.41. The number of aliphatic carboxylic acids is 1. The van der Waals surface area contributed by atoms with Gasteiger partial charge in [0.15, 0.2) is 0 Å². The fraction of sp³-hybridized carbons (Fsp3) is 0.800. The third kappa shape index (κ3) is 1.41.